The molecule has 3 rings (SSSR count). The zero-order chi connectivity index (χ0) is 20.8. The molecule has 2 aromatic carbocycles. The van der Waals surface area contributed by atoms with E-state index in [-0.39, 0.29) is 24.2 Å². The lowest BCUT2D eigenvalue weighted by Gasteiger charge is -2.34. The standard InChI is InChI=1S/C21H23Cl2N3O3.ClH/c1-29-17-4-2-3-15(13-17)20(27)24-7-8-25-9-11-26(12-10-25)21(28)16-5-6-18(22)19(23)14-16;/h2-6,13-14H,7-12H2,1H3,(H,24,27);1H. The van der Waals surface area contributed by atoms with Crippen LogP contribution in [0.15, 0.2) is 42.5 Å². The summed E-state index contributed by atoms with van der Waals surface area (Å²) in [6, 6.07) is 12.0. The first-order valence-corrected chi connectivity index (χ1v) is 10.1. The van der Waals surface area contributed by atoms with E-state index in [1.165, 1.54) is 0 Å². The van der Waals surface area contributed by atoms with Crippen LogP contribution in [0.2, 0.25) is 10.0 Å². The van der Waals surface area contributed by atoms with E-state index in [0.29, 0.717) is 46.6 Å². The Labute approximate surface area is 192 Å². The minimum absolute atomic E-state index is 0. The number of carbonyl (C=O) groups excluding carboxylic acids is 2. The lowest BCUT2D eigenvalue weighted by Crippen LogP contribution is -2.50. The van der Waals surface area contributed by atoms with Gasteiger partial charge in [0.05, 0.1) is 17.2 Å². The Hall–Kier alpha value is -1.99. The molecule has 0 bridgehead atoms. The van der Waals surface area contributed by atoms with E-state index in [0.717, 1.165) is 19.6 Å². The first-order chi connectivity index (χ1) is 14.0. The van der Waals surface area contributed by atoms with Crippen molar-refractivity contribution >= 4 is 47.4 Å². The number of nitrogens with one attached hydrogen (secondary N) is 1. The van der Waals surface area contributed by atoms with Gasteiger partial charge in [0.1, 0.15) is 5.75 Å². The van der Waals surface area contributed by atoms with E-state index in [2.05, 4.69) is 10.2 Å². The monoisotopic (exact) mass is 471 g/mol. The second-order valence-electron chi connectivity index (χ2n) is 6.75. The maximum atomic E-state index is 12.6. The number of amides is 2. The number of carbonyl (C=O) groups is 2. The van der Waals surface area contributed by atoms with Crippen molar-refractivity contribution in [2.24, 2.45) is 0 Å². The zero-order valence-corrected chi connectivity index (χ0v) is 18.9. The maximum absolute atomic E-state index is 12.6. The van der Waals surface area contributed by atoms with Gasteiger partial charge in [0.25, 0.3) is 11.8 Å². The highest BCUT2D eigenvalue weighted by Gasteiger charge is 2.22. The van der Waals surface area contributed by atoms with Crippen LogP contribution in [0.4, 0.5) is 0 Å². The molecular formula is C21H24Cl3N3O3. The van der Waals surface area contributed by atoms with Crippen LogP contribution in [0.25, 0.3) is 0 Å². The molecule has 0 atom stereocenters. The summed E-state index contributed by atoms with van der Waals surface area (Å²) in [4.78, 5) is 28.9. The largest absolute Gasteiger partial charge is 0.497 e. The van der Waals surface area contributed by atoms with Crippen LogP contribution in [-0.2, 0) is 0 Å². The summed E-state index contributed by atoms with van der Waals surface area (Å²) < 4.78 is 5.14. The summed E-state index contributed by atoms with van der Waals surface area (Å²) >= 11 is 11.9. The van der Waals surface area contributed by atoms with Crippen LogP contribution < -0.4 is 10.1 Å². The highest BCUT2D eigenvalue weighted by atomic mass is 35.5. The number of halogens is 3. The van der Waals surface area contributed by atoms with E-state index in [1.807, 2.05) is 4.90 Å². The van der Waals surface area contributed by atoms with E-state index in [4.69, 9.17) is 27.9 Å². The molecule has 0 aromatic heterocycles. The predicted molar refractivity (Wildman–Crippen MR) is 121 cm³/mol. The molecule has 2 aromatic rings. The predicted octanol–water partition coefficient (Wildman–Crippen LogP) is 3.61. The molecule has 0 radical (unpaired) electrons. The van der Waals surface area contributed by atoms with Crippen LogP contribution >= 0.6 is 35.6 Å². The third-order valence-electron chi connectivity index (χ3n) is 4.87. The molecule has 0 spiro atoms. The molecule has 2 amide bonds. The second-order valence-corrected chi connectivity index (χ2v) is 7.56. The van der Waals surface area contributed by atoms with E-state index < -0.39 is 0 Å². The van der Waals surface area contributed by atoms with Gasteiger partial charge in [0.15, 0.2) is 0 Å². The molecule has 1 heterocycles. The number of nitrogens with zero attached hydrogens (tertiary/aromatic N) is 2. The number of hydrogen-bond donors (Lipinski definition) is 1. The van der Waals surface area contributed by atoms with Crippen LogP contribution in [0.3, 0.4) is 0 Å². The molecule has 0 unspecified atom stereocenters. The first kappa shape index (κ1) is 24.3. The van der Waals surface area contributed by atoms with Crippen molar-refractivity contribution in [2.75, 3.05) is 46.4 Å². The number of hydrogen-bond acceptors (Lipinski definition) is 4. The Bertz CT molecular complexity index is 887. The topological polar surface area (TPSA) is 61.9 Å². The molecule has 0 aliphatic carbocycles. The fourth-order valence-corrected chi connectivity index (χ4v) is 3.48. The summed E-state index contributed by atoms with van der Waals surface area (Å²) in [5.41, 5.74) is 1.11. The fourth-order valence-electron chi connectivity index (χ4n) is 3.18. The second kappa shape index (κ2) is 11.4. The Morgan fingerprint density at radius 2 is 1.73 bits per heavy atom. The van der Waals surface area contributed by atoms with Crippen LogP contribution in [0, 0.1) is 0 Å². The maximum Gasteiger partial charge on any atom is 0.253 e. The van der Waals surface area contributed by atoms with Crippen molar-refractivity contribution in [3.8, 4) is 5.75 Å². The van der Waals surface area contributed by atoms with E-state index in [1.54, 1.807) is 49.6 Å². The van der Waals surface area contributed by atoms with E-state index in [9.17, 15) is 9.59 Å². The number of methoxy groups -OCH3 is 1. The molecule has 1 fully saturated rings. The molecule has 6 nitrogen and oxygen atoms in total. The zero-order valence-electron chi connectivity index (χ0n) is 16.6. The van der Waals surface area contributed by atoms with Crippen LogP contribution in [-0.4, -0.2) is 68.0 Å². The average Bonchev–Trinajstić information content (AvgIpc) is 2.75. The number of piperazine rings is 1. The minimum atomic E-state index is -0.127. The molecule has 162 valence electrons. The lowest BCUT2D eigenvalue weighted by molar-refractivity contribution is 0.0638. The number of ether oxygens (including phenoxy) is 1. The van der Waals surface area contributed by atoms with Gasteiger partial charge in [0, 0.05) is 50.4 Å². The Morgan fingerprint density at radius 3 is 2.40 bits per heavy atom. The SMILES string of the molecule is COc1cccc(C(=O)NCCN2CCN(C(=O)c3ccc(Cl)c(Cl)c3)CC2)c1.Cl. The molecule has 30 heavy (non-hydrogen) atoms. The summed E-state index contributed by atoms with van der Waals surface area (Å²) in [5, 5.41) is 3.74. The highest BCUT2D eigenvalue weighted by Crippen LogP contribution is 2.23. The molecule has 1 N–H and O–H groups in total. The quantitative estimate of drug-likeness (QED) is 0.698. The number of benzene rings is 2. The molecule has 0 saturated carbocycles. The minimum Gasteiger partial charge on any atom is -0.497 e. The molecule has 1 aliphatic rings. The third kappa shape index (κ3) is 6.25. The third-order valence-corrected chi connectivity index (χ3v) is 5.61. The van der Waals surface area contributed by atoms with Crippen LogP contribution in [0.5, 0.6) is 5.75 Å². The highest BCUT2D eigenvalue weighted by molar-refractivity contribution is 6.42. The van der Waals surface area contributed by atoms with Crippen molar-refractivity contribution in [3.05, 3.63) is 63.6 Å². The van der Waals surface area contributed by atoms with Gasteiger partial charge in [-0.3, -0.25) is 14.5 Å². The average molecular weight is 473 g/mol. The summed E-state index contributed by atoms with van der Waals surface area (Å²) in [7, 11) is 1.57. The first-order valence-electron chi connectivity index (χ1n) is 9.37. The smallest absolute Gasteiger partial charge is 0.253 e. The molecule has 9 heteroatoms. The molecular weight excluding hydrogens is 449 g/mol. The van der Waals surface area contributed by atoms with Gasteiger partial charge in [-0.25, -0.2) is 0 Å². The van der Waals surface area contributed by atoms with Crippen LogP contribution in [0.1, 0.15) is 20.7 Å². The fraction of sp³-hybridized carbons (Fsp3) is 0.333. The van der Waals surface area contributed by atoms with Crippen molar-refractivity contribution < 1.29 is 14.3 Å². The lowest BCUT2D eigenvalue weighted by atomic mass is 10.2. The van der Waals surface area contributed by atoms with Gasteiger partial charge in [-0.05, 0) is 36.4 Å². The van der Waals surface area contributed by atoms with Gasteiger partial charge >= 0.3 is 0 Å². The Balaban J connectivity index is 0.00000320. The summed E-state index contributed by atoms with van der Waals surface area (Å²) in [6.45, 7) is 4.03. The number of rotatable bonds is 6. The van der Waals surface area contributed by atoms with Crippen molar-refractivity contribution in [2.45, 2.75) is 0 Å². The van der Waals surface area contributed by atoms with Crippen molar-refractivity contribution in [1.29, 1.82) is 0 Å². The Morgan fingerprint density at radius 1 is 1.00 bits per heavy atom. The Kier molecular flexibility index (Phi) is 9.24. The van der Waals surface area contributed by atoms with E-state index >= 15 is 0 Å². The normalized spacial score (nSPS) is 14.0. The summed E-state index contributed by atoms with van der Waals surface area (Å²) in [5.74, 6) is 0.479. The van der Waals surface area contributed by atoms with Crippen molar-refractivity contribution in [3.63, 3.8) is 0 Å². The van der Waals surface area contributed by atoms with Gasteiger partial charge in [-0.15, -0.1) is 12.4 Å². The van der Waals surface area contributed by atoms with Gasteiger partial charge in [0.2, 0.25) is 0 Å². The molecule has 1 aliphatic heterocycles. The summed E-state index contributed by atoms with van der Waals surface area (Å²) in [6.07, 6.45) is 0. The van der Waals surface area contributed by atoms with Crippen molar-refractivity contribution in [1.82, 2.24) is 15.1 Å². The van der Waals surface area contributed by atoms with Gasteiger partial charge in [-0.2, -0.15) is 0 Å². The molecule has 1 saturated heterocycles. The van der Waals surface area contributed by atoms with Gasteiger partial charge in [-0.1, -0.05) is 29.3 Å². The van der Waals surface area contributed by atoms with Gasteiger partial charge < -0.3 is 15.0 Å².